The van der Waals surface area contributed by atoms with Gasteiger partial charge in [-0.15, -0.1) is 0 Å². The van der Waals surface area contributed by atoms with E-state index >= 15 is 0 Å². The lowest BCUT2D eigenvalue weighted by atomic mass is 10.1. The Kier molecular flexibility index (Phi) is 4.48. The fraction of sp³-hybridized carbons (Fsp3) is 0.278. The second-order valence-corrected chi connectivity index (χ2v) is 7.59. The number of sulfonamides is 1. The molecule has 0 unspecified atom stereocenters. The van der Waals surface area contributed by atoms with Crippen molar-refractivity contribution in [1.29, 1.82) is 0 Å². The van der Waals surface area contributed by atoms with Crippen molar-refractivity contribution in [3.63, 3.8) is 0 Å². The Hall–Kier alpha value is -2.14. The molecule has 120 valence electrons. The second kappa shape index (κ2) is 6.54. The zero-order valence-corrected chi connectivity index (χ0v) is 13.6. The highest BCUT2D eigenvalue weighted by molar-refractivity contribution is 7.90. The van der Waals surface area contributed by atoms with Gasteiger partial charge in [-0.3, -0.25) is 4.79 Å². The Labute approximate surface area is 136 Å². The summed E-state index contributed by atoms with van der Waals surface area (Å²) in [7, 11) is -3.82. The molecular weight excluding hydrogens is 310 g/mol. The summed E-state index contributed by atoms with van der Waals surface area (Å²) in [6.45, 7) is 0. The number of hydrogen-bond acceptors (Lipinski definition) is 3. The molecule has 0 aliphatic heterocycles. The first-order chi connectivity index (χ1) is 11.0. The molecule has 0 atom stereocenters. The molecule has 1 N–H and O–H groups in total. The second-order valence-electron chi connectivity index (χ2n) is 5.90. The molecule has 2 aromatic carbocycles. The number of carbonyl (C=O) groups excluding carboxylic acids is 1. The van der Waals surface area contributed by atoms with Crippen molar-refractivity contribution in [2.24, 2.45) is 5.92 Å². The maximum Gasteiger partial charge on any atom is 0.264 e. The van der Waals surface area contributed by atoms with E-state index in [1.54, 1.807) is 12.1 Å². The largest absolute Gasteiger partial charge is 0.274 e. The van der Waals surface area contributed by atoms with Crippen LogP contribution in [-0.4, -0.2) is 14.3 Å². The molecular formula is C18H19NO3S. The van der Waals surface area contributed by atoms with Crippen molar-refractivity contribution in [1.82, 2.24) is 4.72 Å². The van der Waals surface area contributed by atoms with Crippen LogP contribution in [0.5, 0.6) is 0 Å². The van der Waals surface area contributed by atoms with Crippen LogP contribution in [0.2, 0.25) is 0 Å². The van der Waals surface area contributed by atoms with Crippen molar-refractivity contribution < 1.29 is 13.2 Å². The lowest BCUT2D eigenvalue weighted by molar-refractivity contribution is -0.119. The van der Waals surface area contributed by atoms with E-state index in [4.69, 9.17) is 0 Å². The number of nitrogens with one attached hydrogen (secondary N) is 1. The summed E-state index contributed by atoms with van der Waals surface area (Å²) in [5.41, 5.74) is 1.74. The van der Waals surface area contributed by atoms with E-state index in [2.05, 4.69) is 4.72 Å². The summed E-state index contributed by atoms with van der Waals surface area (Å²) >= 11 is 0. The molecule has 0 heterocycles. The lowest BCUT2D eigenvalue weighted by Gasteiger charge is -2.09. The van der Waals surface area contributed by atoms with Crippen LogP contribution in [0.3, 0.4) is 0 Å². The number of amides is 1. The minimum absolute atomic E-state index is 0.110. The third-order valence-electron chi connectivity index (χ3n) is 3.98. The van der Waals surface area contributed by atoms with Gasteiger partial charge in [0.2, 0.25) is 5.91 Å². The highest BCUT2D eigenvalue weighted by atomic mass is 32.2. The molecule has 0 aromatic heterocycles. The molecule has 0 saturated heterocycles. The van der Waals surface area contributed by atoms with E-state index < -0.39 is 15.9 Å². The average Bonchev–Trinajstić information content (AvgIpc) is 3.38. The first kappa shape index (κ1) is 15.7. The highest BCUT2D eigenvalue weighted by Crippen LogP contribution is 2.33. The van der Waals surface area contributed by atoms with Crippen molar-refractivity contribution in [3.8, 4) is 11.1 Å². The summed E-state index contributed by atoms with van der Waals surface area (Å²) in [6.07, 6.45) is 3.34. The molecule has 4 nitrogen and oxygen atoms in total. The molecule has 1 fully saturated rings. The van der Waals surface area contributed by atoms with Crippen LogP contribution < -0.4 is 4.72 Å². The molecule has 23 heavy (non-hydrogen) atoms. The van der Waals surface area contributed by atoms with Gasteiger partial charge in [0, 0.05) is 6.42 Å². The van der Waals surface area contributed by atoms with Crippen LogP contribution in [0, 0.1) is 5.92 Å². The van der Waals surface area contributed by atoms with Crippen molar-refractivity contribution in [2.45, 2.75) is 30.6 Å². The molecule has 1 amide bonds. The van der Waals surface area contributed by atoms with Crippen LogP contribution in [0.4, 0.5) is 0 Å². The smallest absolute Gasteiger partial charge is 0.264 e. The normalized spacial score (nSPS) is 14.4. The first-order valence-electron chi connectivity index (χ1n) is 7.76. The van der Waals surface area contributed by atoms with Crippen LogP contribution in [0.1, 0.15) is 25.7 Å². The number of benzene rings is 2. The Bertz CT molecular complexity index is 796. The molecule has 1 aliphatic rings. The molecule has 3 rings (SSSR count). The fourth-order valence-electron chi connectivity index (χ4n) is 2.47. The van der Waals surface area contributed by atoms with Gasteiger partial charge < -0.3 is 0 Å². The van der Waals surface area contributed by atoms with Gasteiger partial charge in [-0.05, 0) is 35.6 Å². The zero-order chi connectivity index (χ0) is 16.3. The van der Waals surface area contributed by atoms with Gasteiger partial charge in [-0.2, -0.15) is 0 Å². The highest BCUT2D eigenvalue weighted by Gasteiger charge is 2.24. The standard InChI is InChI=1S/C18H19NO3S/c20-18(12-11-14-9-10-14)19-23(21,22)17-8-4-7-16(13-17)15-5-2-1-3-6-15/h1-8,13-14H,9-12H2,(H,19,20). The molecule has 1 saturated carbocycles. The van der Waals surface area contributed by atoms with Crippen LogP contribution in [0.25, 0.3) is 11.1 Å². The van der Waals surface area contributed by atoms with Gasteiger partial charge in [0.25, 0.3) is 10.0 Å². The van der Waals surface area contributed by atoms with Crippen molar-refractivity contribution >= 4 is 15.9 Å². The maximum absolute atomic E-state index is 12.4. The summed E-state index contributed by atoms with van der Waals surface area (Å²) in [6, 6.07) is 16.2. The van der Waals surface area contributed by atoms with Gasteiger partial charge in [0.05, 0.1) is 4.90 Å². The minimum atomic E-state index is -3.82. The zero-order valence-electron chi connectivity index (χ0n) is 12.7. The molecule has 0 spiro atoms. The van der Waals surface area contributed by atoms with Gasteiger partial charge in [-0.25, -0.2) is 13.1 Å². The molecule has 1 aliphatic carbocycles. The van der Waals surface area contributed by atoms with Gasteiger partial charge in [-0.1, -0.05) is 55.3 Å². The number of carbonyl (C=O) groups is 1. The Morgan fingerprint density at radius 1 is 1.00 bits per heavy atom. The van der Waals surface area contributed by atoms with E-state index in [-0.39, 0.29) is 11.3 Å². The van der Waals surface area contributed by atoms with E-state index in [0.717, 1.165) is 30.4 Å². The van der Waals surface area contributed by atoms with Gasteiger partial charge in [0.1, 0.15) is 0 Å². The van der Waals surface area contributed by atoms with E-state index in [0.29, 0.717) is 5.92 Å². The van der Waals surface area contributed by atoms with E-state index in [9.17, 15) is 13.2 Å². The van der Waals surface area contributed by atoms with E-state index in [1.807, 2.05) is 36.4 Å². The van der Waals surface area contributed by atoms with Crippen LogP contribution in [0.15, 0.2) is 59.5 Å². The first-order valence-corrected chi connectivity index (χ1v) is 9.24. The van der Waals surface area contributed by atoms with Gasteiger partial charge >= 0.3 is 0 Å². The van der Waals surface area contributed by atoms with Crippen LogP contribution >= 0.6 is 0 Å². The quantitative estimate of drug-likeness (QED) is 0.884. The average molecular weight is 329 g/mol. The summed E-state index contributed by atoms with van der Waals surface area (Å²) in [5, 5.41) is 0. The lowest BCUT2D eigenvalue weighted by Crippen LogP contribution is -2.30. The molecule has 0 radical (unpaired) electrons. The Balaban J connectivity index is 1.75. The van der Waals surface area contributed by atoms with Crippen LogP contribution in [-0.2, 0) is 14.8 Å². The summed E-state index contributed by atoms with van der Waals surface area (Å²) < 4.78 is 26.9. The van der Waals surface area contributed by atoms with Gasteiger partial charge in [0.15, 0.2) is 0 Å². The SMILES string of the molecule is O=C(CCC1CC1)NS(=O)(=O)c1cccc(-c2ccccc2)c1. The Morgan fingerprint density at radius 2 is 1.70 bits per heavy atom. The number of hydrogen-bond donors (Lipinski definition) is 1. The van der Waals surface area contributed by atoms with E-state index in [1.165, 1.54) is 6.07 Å². The molecule has 0 bridgehead atoms. The predicted molar refractivity (Wildman–Crippen MR) is 89.2 cm³/mol. The monoisotopic (exact) mass is 329 g/mol. The van der Waals surface area contributed by atoms with Crippen molar-refractivity contribution in [2.75, 3.05) is 0 Å². The topological polar surface area (TPSA) is 63.2 Å². The third kappa shape index (κ3) is 4.20. The molecule has 5 heteroatoms. The Morgan fingerprint density at radius 3 is 2.39 bits per heavy atom. The summed E-state index contributed by atoms with van der Waals surface area (Å²) in [5.74, 6) is 0.173. The summed E-state index contributed by atoms with van der Waals surface area (Å²) in [4.78, 5) is 11.9. The number of rotatable bonds is 6. The maximum atomic E-state index is 12.4. The van der Waals surface area contributed by atoms with Crippen molar-refractivity contribution in [3.05, 3.63) is 54.6 Å². The fourth-order valence-corrected chi connectivity index (χ4v) is 3.53. The third-order valence-corrected chi connectivity index (χ3v) is 5.35. The minimum Gasteiger partial charge on any atom is -0.274 e. The predicted octanol–water partition coefficient (Wildman–Crippen LogP) is 3.35. The molecule has 2 aromatic rings.